The van der Waals surface area contributed by atoms with Gasteiger partial charge in [-0.3, -0.25) is 5.41 Å². The van der Waals surface area contributed by atoms with Gasteiger partial charge in [0.1, 0.15) is 0 Å². The molecule has 0 aromatic heterocycles. The van der Waals surface area contributed by atoms with E-state index in [1.54, 1.807) is 0 Å². The Morgan fingerprint density at radius 3 is 2.10 bits per heavy atom. The Labute approximate surface area is 69.1 Å². The molecule has 0 radical (unpaired) electrons. The first-order chi connectivity index (χ1) is 4.22. The summed E-state index contributed by atoms with van der Waals surface area (Å²) in [6, 6.07) is 0. The number of nitrogens with one attached hydrogen (secondary N) is 1. The molecule has 10 heavy (non-hydrogen) atoms. The fourth-order valence-corrected chi connectivity index (χ4v) is 0.928. The van der Waals surface area contributed by atoms with Crippen LogP contribution in [0.2, 0.25) is 0 Å². The lowest BCUT2D eigenvalue weighted by atomic mass is 10.0. The molecule has 3 heteroatoms. The van der Waals surface area contributed by atoms with Crippen LogP contribution in [0.5, 0.6) is 0 Å². The minimum atomic E-state index is 0. The van der Waals surface area contributed by atoms with Gasteiger partial charge in [-0.15, -0.1) is 12.4 Å². The molecule has 0 aliphatic rings. The van der Waals surface area contributed by atoms with Crippen LogP contribution in [0, 0.1) is 11.3 Å². The van der Waals surface area contributed by atoms with E-state index < -0.39 is 0 Å². The highest BCUT2D eigenvalue weighted by molar-refractivity contribution is 5.85. The number of rotatable bonds is 4. The van der Waals surface area contributed by atoms with Gasteiger partial charge in [-0.2, -0.15) is 0 Å². The second kappa shape index (κ2) is 6.87. The Morgan fingerprint density at radius 2 is 2.00 bits per heavy atom. The fourth-order valence-electron chi connectivity index (χ4n) is 0.928. The van der Waals surface area contributed by atoms with Crippen LogP contribution in [-0.2, 0) is 0 Å². The SMILES string of the molecule is CCCC(CC)C(=N)N.Cl. The molecule has 0 aromatic carbocycles. The lowest BCUT2D eigenvalue weighted by molar-refractivity contribution is 0.588. The van der Waals surface area contributed by atoms with Gasteiger partial charge in [0.2, 0.25) is 0 Å². The molecule has 0 bridgehead atoms. The van der Waals surface area contributed by atoms with Crippen LogP contribution < -0.4 is 5.73 Å². The van der Waals surface area contributed by atoms with Gasteiger partial charge in [0.15, 0.2) is 0 Å². The van der Waals surface area contributed by atoms with Crippen molar-refractivity contribution in [1.82, 2.24) is 0 Å². The molecule has 0 fully saturated rings. The van der Waals surface area contributed by atoms with Gasteiger partial charge in [0.05, 0.1) is 5.84 Å². The van der Waals surface area contributed by atoms with Crippen LogP contribution in [0.25, 0.3) is 0 Å². The van der Waals surface area contributed by atoms with Crippen molar-refractivity contribution >= 4 is 18.2 Å². The van der Waals surface area contributed by atoms with Crippen molar-refractivity contribution in [3.05, 3.63) is 0 Å². The maximum Gasteiger partial charge on any atom is 0.0936 e. The van der Waals surface area contributed by atoms with Gasteiger partial charge in [0.25, 0.3) is 0 Å². The predicted octanol–water partition coefficient (Wildman–Crippen LogP) is 2.17. The van der Waals surface area contributed by atoms with Crippen LogP contribution in [0.3, 0.4) is 0 Å². The quantitative estimate of drug-likeness (QED) is 0.486. The van der Waals surface area contributed by atoms with Gasteiger partial charge in [-0.1, -0.05) is 20.3 Å². The molecular weight excluding hydrogens is 148 g/mol. The molecule has 0 aliphatic carbocycles. The first-order valence-corrected chi connectivity index (χ1v) is 3.56. The van der Waals surface area contributed by atoms with E-state index in [0.29, 0.717) is 11.8 Å². The Morgan fingerprint density at radius 1 is 1.50 bits per heavy atom. The smallest absolute Gasteiger partial charge is 0.0936 e. The summed E-state index contributed by atoms with van der Waals surface area (Å²) in [5.41, 5.74) is 5.32. The highest BCUT2D eigenvalue weighted by Crippen LogP contribution is 2.08. The number of halogens is 1. The molecule has 2 nitrogen and oxygen atoms in total. The molecule has 0 saturated heterocycles. The minimum absolute atomic E-state index is 0. The van der Waals surface area contributed by atoms with E-state index in [4.69, 9.17) is 11.1 Å². The summed E-state index contributed by atoms with van der Waals surface area (Å²) in [6.07, 6.45) is 3.19. The Balaban J connectivity index is 0. The summed E-state index contributed by atoms with van der Waals surface area (Å²) < 4.78 is 0. The summed E-state index contributed by atoms with van der Waals surface area (Å²) in [6.45, 7) is 4.19. The average Bonchev–Trinajstić information content (AvgIpc) is 1.82. The summed E-state index contributed by atoms with van der Waals surface area (Å²) in [5.74, 6) is 0.675. The predicted molar refractivity (Wildman–Crippen MR) is 47.9 cm³/mol. The monoisotopic (exact) mass is 164 g/mol. The van der Waals surface area contributed by atoms with Crippen LogP contribution in [0.1, 0.15) is 33.1 Å². The van der Waals surface area contributed by atoms with Crippen molar-refractivity contribution in [3.63, 3.8) is 0 Å². The van der Waals surface area contributed by atoms with Crippen molar-refractivity contribution in [3.8, 4) is 0 Å². The van der Waals surface area contributed by atoms with E-state index in [2.05, 4.69) is 13.8 Å². The van der Waals surface area contributed by atoms with Crippen LogP contribution in [0.4, 0.5) is 0 Å². The van der Waals surface area contributed by atoms with Gasteiger partial charge >= 0.3 is 0 Å². The van der Waals surface area contributed by atoms with Crippen LogP contribution in [0.15, 0.2) is 0 Å². The summed E-state index contributed by atoms with van der Waals surface area (Å²) in [4.78, 5) is 0. The van der Waals surface area contributed by atoms with E-state index in [1.165, 1.54) is 0 Å². The average molecular weight is 165 g/mol. The second-order valence-electron chi connectivity index (χ2n) is 2.35. The standard InChI is InChI=1S/C7H16N2.ClH/c1-3-5-6(4-2)7(8)9;/h6H,3-5H2,1-2H3,(H3,8,9);1H. The fraction of sp³-hybridized carbons (Fsp3) is 0.857. The Kier molecular flexibility index (Phi) is 8.55. The third-order valence-corrected chi connectivity index (χ3v) is 1.57. The first kappa shape index (κ1) is 12.4. The molecule has 0 saturated carbocycles. The number of hydrogen-bond donors (Lipinski definition) is 2. The number of hydrogen-bond acceptors (Lipinski definition) is 1. The summed E-state index contributed by atoms with van der Waals surface area (Å²) >= 11 is 0. The van der Waals surface area contributed by atoms with Crippen LogP contribution in [-0.4, -0.2) is 5.84 Å². The van der Waals surface area contributed by atoms with Crippen molar-refractivity contribution in [2.75, 3.05) is 0 Å². The van der Waals surface area contributed by atoms with Crippen LogP contribution >= 0.6 is 12.4 Å². The lowest BCUT2D eigenvalue weighted by Crippen LogP contribution is -2.21. The Bertz CT molecular complexity index is 93.6. The van der Waals surface area contributed by atoms with Crippen molar-refractivity contribution in [2.45, 2.75) is 33.1 Å². The highest BCUT2D eigenvalue weighted by atomic mass is 35.5. The molecule has 0 rings (SSSR count). The zero-order chi connectivity index (χ0) is 7.28. The molecule has 62 valence electrons. The van der Waals surface area contributed by atoms with E-state index >= 15 is 0 Å². The third kappa shape index (κ3) is 4.62. The second-order valence-corrected chi connectivity index (χ2v) is 2.35. The topological polar surface area (TPSA) is 49.9 Å². The minimum Gasteiger partial charge on any atom is -0.387 e. The summed E-state index contributed by atoms with van der Waals surface area (Å²) in [5, 5.41) is 7.13. The molecule has 1 unspecified atom stereocenters. The molecule has 0 aromatic rings. The van der Waals surface area contributed by atoms with Gasteiger partial charge in [-0.25, -0.2) is 0 Å². The van der Waals surface area contributed by atoms with E-state index in [-0.39, 0.29) is 12.4 Å². The van der Waals surface area contributed by atoms with Crippen molar-refractivity contribution in [1.29, 1.82) is 5.41 Å². The molecule has 0 amide bonds. The molecule has 3 N–H and O–H groups in total. The normalized spacial score (nSPS) is 11.8. The van der Waals surface area contributed by atoms with Crippen molar-refractivity contribution in [2.24, 2.45) is 11.7 Å². The van der Waals surface area contributed by atoms with Gasteiger partial charge < -0.3 is 5.73 Å². The number of amidine groups is 1. The largest absolute Gasteiger partial charge is 0.387 e. The van der Waals surface area contributed by atoms with E-state index in [1.807, 2.05) is 0 Å². The molecule has 0 spiro atoms. The lowest BCUT2D eigenvalue weighted by Gasteiger charge is -2.09. The Hall–Kier alpha value is -0.240. The third-order valence-electron chi connectivity index (χ3n) is 1.57. The molecule has 0 aliphatic heterocycles. The molecular formula is C7H17ClN2. The van der Waals surface area contributed by atoms with Gasteiger partial charge in [0, 0.05) is 5.92 Å². The first-order valence-electron chi connectivity index (χ1n) is 3.56. The van der Waals surface area contributed by atoms with E-state index in [0.717, 1.165) is 19.3 Å². The highest BCUT2D eigenvalue weighted by Gasteiger charge is 2.06. The van der Waals surface area contributed by atoms with Gasteiger partial charge in [-0.05, 0) is 12.8 Å². The molecule has 1 atom stereocenters. The van der Waals surface area contributed by atoms with E-state index in [9.17, 15) is 0 Å². The maximum atomic E-state index is 7.13. The van der Waals surface area contributed by atoms with Crippen molar-refractivity contribution < 1.29 is 0 Å². The maximum absolute atomic E-state index is 7.13. The number of nitrogens with two attached hydrogens (primary N) is 1. The molecule has 0 heterocycles. The zero-order valence-corrected chi connectivity index (χ0v) is 7.50. The summed E-state index contributed by atoms with van der Waals surface area (Å²) in [7, 11) is 0. The zero-order valence-electron chi connectivity index (χ0n) is 6.68.